The highest BCUT2D eigenvalue weighted by Gasteiger charge is 2.46. The molecule has 0 bridgehead atoms. The maximum absolute atomic E-state index is 13.6. The summed E-state index contributed by atoms with van der Waals surface area (Å²) < 4.78 is 19.0. The standard InChI is InChI=1S/C26H29FN2O4/c1-17-4-5-18(2)21(16-17)24(30)22-23(19-6-8-20(27)9-7-19)29(26(32)25(22)31)11-3-10-28-12-14-33-15-13-28/h4-9,16,23,30H,3,10-15H2,1-2H3/t23-/m1/s1. The molecule has 0 radical (unpaired) electrons. The summed E-state index contributed by atoms with van der Waals surface area (Å²) in [7, 11) is 0. The molecule has 2 fully saturated rings. The van der Waals surface area contributed by atoms with Gasteiger partial charge in [0.1, 0.15) is 11.6 Å². The van der Waals surface area contributed by atoms with Gasteiger partial charge >= 0.3 is 0 Å². The number of aliphatic hydroxyl groups is 1. The normalized spacial score (nSPS) is 21.1. The van der Waals surface area contributed by atoms with Gasteiger partial charge in [-0.2, -0.15) is 0 Å². The third kappa shape index (κ3) is 4.84. The van der Waals surface area contributed by atoms with Crippen LogP contribution in [0.2, 0.25) is 0 Å². The van der Waals surface area contributed by atoms with Crippen molar-refractivity contribution in [2.45, 2.75) is 26.3 Å². The van der Waals surface area contributed by atoms with Gasteiger partial charge in [-0.15, -0.1) is 0 Å². The maximum Gasteiger partial charge on any atom is 0.295 e. The molecular formula is C26H29FN2O4. The highest BCUT2D eigenvalue weighted by molar-refractivity contribution is 6.46. The molecule has 4 rings (SSSR count). The number of amides is 1. The number of aryl methyl sites for hydroxylation is 2. The molecule has 0 unspecified atom stereocenters. The number of halogens is 1. The van der Waals surface area contributed by atoms with E-state index in [-0.39, 0.29) is 11.3 Å². The van der Waals surface area contributed by atoms with E-state index in [2.05, 4.69) is 4.90 Å². The largest absolute Gasteiger partial charge is 0.507 e. The number of Topliss-reactive ketones (excluding diaryl/α,β-unsaturated/α-hetero) is 1. The highest BCUT2D eigenvalue weighted by Crippen LogP contribution is 2.40. The molecule has 0 saturated carbocycles. The van der Waals surface area contributed by atoms with Gasteiger partial charge in [0.05, 0.1) is 24.8 Å². The lowest BCUT2D eigenvalue weighted by Gasteiger charge is -2.29. The van der Waals surface area contributed by atoms with Crippen LogP contribution in [0.15, 0.2) is 48.0 Å². The predicted octanol–water partition coefficient (Wildman–Crippen LogP) is 3.59. The Balaban J connectivity index is 1.70. The van der Waals surface area contributed by atoms with Crippen molar-refractivity contribution in [2.24, 2.45) is 0 Å². The number of ether oxygens (including phenoxy) is 1. The lowest BCUT2D eigenvalue weighted by Crippen LogP contribution is -2.38. The molecular weight excluding hydrogens is 423 g/mol. The molecule has 6 nitrogen and oxygen atoms in total. The molecule has 2 aliphatic rings. The number of rotatable bonds is 6. The van der Waals surface area contributed by atoms with Crippen molar-refractivity contribution in [1.82, 2.24) is 9.80 Å². The Hall–Kier alpha value is -3.03. The summed E-state index contributed by atoms with van der Waals surface area (Å²) in [6.45, 7) is 7.94. The van der Waals surface area contributed by atoms with Crippen molar-refractivity contribution >= 4 is 17.4 Å². The van der Waals surface area contributed by atoms with Crippen LogP contribution in [0.3, 0.4) is 0 Å². The molecule has 1 atom stereocenters. The van der Waals surface area contributed by atoms with Crippen LogP contribution in [0.25, 0.3) is 5.76 Å². The van der Waals surface area contributed by atoms with Crippen LogP contribution in [0, 0.1) is 19.7 Å². The highest BCUT2D eigenvalue weighted by atomic mass is 19.1. The number of carbonyl (C=O) groups is 2. The first-order valence-electron chi connectivity index (χ1n) is 11.3. The van der Waals surface area contributed by atoms with Gasteiger partial charge in [-0.1, -0.05) is 29.8 Å². The van der Waals surface area contributed by atoms with Gasteiger partial charge in [0, 0.05) is 31.7 Å². The molecule has 1 N–H and O–H groups in total. The first-order chi connectivity index (χ1) is 15.9. The summed E-state index contributed by atoms with van der Waals surface area (Å²) in [5.41, 5.74) is 2.89. The van der Waals surface area contributed by atoms with Gasteiger partial charge in [-0.25, -0.2) is 4.39 Å². The molecule has 2 aromatic rings. The topological polar surface area (TPSA) is 70.1 Å². The molecule has 174 valence electrons. The Morgan fingerprint density at radius 3 is 2.45 bits per heavy atom. The molecule has 0 spiro atoms. The zero-order valence-corrected chi connectivity index (χ0v) is 19.0. The summed E-state index contributed by atoms with van der Waals surface area (Å²) in [5.74, 6) is -1.95. The first-order valence-corrected chi connectivity index (χ1v) is 11.3. The lowest BCUT2D eigenvalue weighted by molar-refractivity contribution is -0.140. The number of hydrogen-bond donors (Lipinski definition) is 1. The number of likely N-dealkylation sites (tertiary alicyclic amines) is 1. The van der Waals surface area contributed by atoms with Crippen LogP contribution >= 0.6 is 0 Å². The third-order valence-electron chi connectivity index (χ3n) is 6.35. The number of morpholine rings is 1. The molecule has 2 heterocycles. The lowest BCUT2D eigenvalue weighted by atomic mass is 9.93. The zero-order valence-electron chi connectivity index (χ0n) is 19.0. The van der Waals surface area contributed by atoms with Crippen LogP contribution in [0.1, 0.15) is 34.7 Å². The van der Waals surface area contributed by atoms with Crippen molar-refractivity contribution in [3.63, 3.8) is 0 Å². The second-order valence-corrected chi connectivity index (χ2v) is 8.67. The number of carbonyl (C=O) groups excluding carboxylic acids is 2. The van der Waals surface area contributed by atoms with Crippen LogP contribution in [-0.4, -0.2) is 66.0 Å². The van der Waals surface area contributed by atoms with Crippen LogP contribution in [0.5, 0.6) is 0 Å². The average Bonchev–Trinajstić information content (AvgIpc) is 3.06. The van der Waals surface area contributed by atoms with E-state index in [4.69, 9.17) is 4.74 Å². The second kappa shape index (κ2) is 9.85. The summed E-state index contributed by atoms with van der Waals surface area (Å²) in [6.07, 6.45) is 0.675. The van der Waals surface area contributed by atoms with Crippen molar-refractivity contribution in [1.29, 1.82) is 0 Å². The Kier molecular flexibility index (Phi) is 6.91. The summed E-state index contributed by atoms with van der Waals surface area (Å²) >= 11 is 0. The van der Waals surface area contributed by atoms with Crippen LogP contribution in [0.4, 0.5) is 4.39 Å². The van der Waals surface area contributed by atoms with Gasteiger partial charge in [-0.05, 0) is 49.6 Å². The quantitative estimate of drug-likeness (QED) is 0.412. The fraction of sp³-hybridized carbons (Fsp3) is 0.385. The molecule has 0 aliphatic carbocycles. The van der Waals surface area contributed by atoms with Gasteiger partial charge < -0.3 is 14.7 Å². The van der Waals surface area contributed by atoms with E-state index in [0.29, 0.717) is 37.3 Å². The second-order valence-electron chi connectivity index (χ2n) is 8.67. The monoisotopic (exact) mass is 452 g/mol. The predicted molar refractivity (Wildman–Crippen MR) is 123 cm³/mol. The molecule has 2 aromatic carbocycles. The number of hydrogen-bond acceptors (Lipinski definition) is 5. The molecule has 2 saturated heterocycles. The van der Waals surface area contributed by atoms with Gasteiger partial charge in [0.2, 0.25) is 0 Å². The Morgan fingerprint density at radius 2 is 1.76 bits per heavy atom. The van der Waals surface area contributed by atoms with Crippen molar-refractivity contribution < 1.29 is 23.8 Å². The number of benzene rings is 2. The van der Waals surface area contributed by atoms with E-state index in [1.165, 1.54) is 17.0 Å². The molecule has 7 heteroatoms. The number of nitrogens with zero attached hydrogens (tertiary/aromatic N) is 2. The summed E-state index contributed by atoms with van der Waals surface area (Å²) in [6, 6.07) is 10.6. The summed E-state index contributed by atoms with van der Waals surface area (Å²) in [4.78, 5) is 30.0. The minimum Gasteiger partial charge on any atom is -0.507 e. The minimum atomic E-state index is -0.768. The number of aliphatic hydroxyl groups excluding tert-OH is 1. The van der Waals surface area contributed by atoms with Crippen molar-refractivity contribution in [3.8, 4) is 0 Å². The van der Waals surface area contributed by atoms with Gasteiger partial charge in [-0.3, -0.25) is 14.5 Å². The number of ketones is 1. The Labute approximate surface area is 193 Å². The SMILES string of the molecule is Cc1ccc(C)c(C(O)=C2C(=O)C(=O)N(CCCN3CCOCC3)[C@@H]2c2ccc(F)cc2)c1. The average molecular weight is 453 g/mol. The zero-order chi connectivity index (χ0) is 23.5. The van der Waals surface area contributed by atoms with E-state index in [1.807, 2.05) is 26.0 Å². The van der Waals surface area contributed by atoms with Crippen molar-refractivity contribution in [2.75, 3.05) is 39.4 Å². The Morgan fingerprint density at radius 1 is 1.06 bits per heavy atom. The fourth-order valence-corrected chi connectivity index (χ4v) is 4.53. The smallest absolute Gasteiger partial charge is 0.295 e. The van der Waals surface area contributed by atoms with Gasteiger partial charge in [0.15, 0.2) is 0 Å². The van der Waals surface area contributed by atoms with E-state index in [1.54, 1.807) is 18.2 Å². The molecule has 2 aliphatic heterocycles. The van der Waals surface area contributed by atoms with Crippen molar-refractivity contribution in [3.05, 3.63) is 76.1 Å². The maximum atomic E-state index is 13.6. The fourth-order valence-electron chi connectivity index (χ4n) is 4.53. The molecule has 1 amide bonds. The third-order valence-corrected chi connectivity index (χ3v) is 6.35. The van der Waals surface area contributed by atoms with Crippen LogP contribution < -0.4 is 0 Å². The van der Waals surface area contributed by atoms with Crippen LogP contribution in [-0.2, 0) is 14.3 Å². The van der Waals surface area contributed by atoms with E-state index >= 15 is 0 Å². The van der Waals surface area contributed by atoms with E-state index < -0.39 is 23.5 Å². The molecule has 33 heavy (non-hydrogen) atoms. The van der Waals surface area contributed by atoms with E-state index in [0.717, 1.165) is 30.8 Å². The van der Waals surface area contributed by atoms with E-state index in [9.17, 15) is 19.1 Å². The Bertz CT molecular complexity index is 1070. The first kappa shape index (κ1) is 23.1. The van der Waals surface area contributed by atoms with Gasteiger partial charge in [0.25, 0.3) is 11.7 Å². The molecule has 0 aromatic heterocycles. The summed E-state index contributed by atoms with van der Waals surface area (Å²) in [5, 5.41) is 11.2. The minimum absolute atomic E-state index is 0.0479.